The van der Waals surface area contributed by atoms with E-state index in [1.54, 1.807) is 12.1 Å². The van der Waals surface area contributed by atoms with Crippen LogP contribution in [0, 0.1) is 5.82 Å². The van der Waals surface area contributed by atoms with E-state index in [0.717, 1.165) is 54.7 Å². The van der Waals surface area contributed by atoms with Gasteiger partial charge in [-0.15, -0.1) is 0 Å². The molecule has 0 saturated heterocycles. The summed E-state index contributed by atoms with van der Waals surface area (Å²) in [6, 6.07) is 12.7. The quantitative estimate of drug-likeness (QED) is 0.692. The van der Waals surface area contributed by atoms with Gasteiger partial charge in [-0.05, 0) is 66.2 Å². The van der Waals surface area contributed by atoms with Crippen molar-refractivity contribution in [2.45, 2.75) is 25.7 Å². The van der Waals surface area contributed by atoms with Gasteiger partial charge in [0.15, 0.2) is 0 Å². The van der Waals surface area contributed by atoms with Crippen molar-refractivity contribution < 1.29 is 9.13 Å². The molecule has 1 aliphatic rings. The van der Waals surface area contributed by atoms with E-state index in [1.165, 1.54) is 23.3 Å². The van der Waals surface area contributed by atoms with Crippen molar-refractivity contribution in [2.75, 3.05) is 6.61 Å². The molecule has 0 radical (unpaired) electrons. The van der Waals surface area contributed by atoms with Crippen LogP contribution in [-0.2, 0) is 6.42 Å². The number of ether oxygens (including phenoxy) is 1. The summed E-state index contributed by atoms with van der Waals surface area (Å²) in [4.78, 5) is 0. The van der Waals surface area contributed by atoms with Gasteiger partial charge in [-0.25, -0.2) is 4.39 Å². The summed E-state index contributed by atoms with van der Waals surface area (Å²) in [5.41, 5.74) is 5.57. The van der Waals surface area contributed by atoms with Crippen LogP contribution >= 0.6 is 0 Å². The Kier molecular flexibility index (Phi) is 4.61. The molecule has 3 rings (SSSR count). The van der Waals surface area contributed by atoms with Crippen LogP contribution < -0.4 is 4.74 Å². The fourth-order valence-electron chi connectivity index (χ4n) is 2.99. The van der Waals surface area contributed by atoms with Gasteiger partial charge in [0.1, 0.15) is 11.6 Å². The molecule has 0 unspecified atom stereocenters. The monoisotopic (exact) mass is 308 g/mol. The molecule has 23 heavy (non-hydrogen) atoms. The van der Waals surface area contributed by atoms with Gasteiger partial charge in [-0.3, -0.25) is 0 Å². The van der Waals surface area contributed by atoms with Crippen molar-refractivity contribution in [3.8, 4) is 5.75 Å². The number of allylic oxidation sites excluding steroid dienone is 2. The van der Waals surface area contributed by atoms with Crippen LogP contribution in [0.2, 0.25) is 0 Å². The van der Waals surface area contributed by atoms with Gasteiger partial charge in [0.2, 0.25) is 0 Å². The van der Waals surface area contributed by atoms with Gasteiger partial charge in [0, 0.05) is 5.56 Å². The van der Waals surface area contributed by atoms with Gasteiger partial charge in [0.25, 0.3) is 0 Å². The molecular weight excluding hydrogens is 287 g/mol. The minimum atomic E-state index is -0.220. The van der Waals surface area contributed by atoms with E-state index < -0.39 is 0 Å². The second kappa shape index (κ2) is 6.82. The molecule has 0 fully saturated rings. The molecule has 1 aliphatic heterocycles. The maximum atomic E-state index is 13.0. The summed E-state index contributed by atoms with van der Waals surface area (Å²) in [6.07, 6.45) is 3.75. The number of fused-ring (bicyclic) bond motifs is 1. The van der Waals surface area contributed by atoms with Crippen molar-refractivity contribution >= 4 is 11.1 Å². The molecule has 0 saturated carbocycles. The van der Waals surface area contributed by atoms with E-state index in [2.05, 4.69) is 19.2 Å². The molecule has 2 heteroatoms. The van der Waals surface area contributed by atoms with Crippen LogP contribution in [0.3, 0.4) is 0 Å². The molecule has 0 amide bonds. The summed E-state index contributed by atoms with van der Waals surface area (Å²) in [7, 11) is 0. The minimum Gasteiger partial charge on any atom is -0.493 e. The highest BCUT2D eigenvalue weighted by atomic mass is 19.1. The molecule has 0 bridgehead atoms. The first-order chi connectivity index (χ1) is 11.1. The molecular formula is C21H21FO. The van der Waals surface area contributed by atoms with E-state index in [-0.39, 0.29) is 5.82 Å². The second-order valence-corrected chi connectivity index (χ2v) is 5.95. The fraction of sp³-hybridized carbons (Fsp3) is 0.238. The van der Waals surface area contributed by atoms with Crippen LogP contribution in [0.25, 0.3) is 11.1 Å². The van der Waals surface area contributed by atoms with Crippen LogP contribution in [0.15, 0.2) is 55.6 Å². The molecule has 2 aromatic carbocycles. The van der Waals surface area contributed by atoms with Gasteiger partial charge in [-0.2, -0.15) is 0 Å². The average molecular weight is 308 g/mol. The molecule has 0 atom stereocenters. The van der Waals surface area contributed by atoms with Crippen molar-refractivity contribution in [3.63, 3.8) is 0 Å². The highest BCUT2D eigenvalue weighted by Gasteiger charge is 2.15. The molecule has 0 aromatic heterocycles. The lowest BCUT2D eigenvalue weighted by Crippen LogP contribution is -2.10. The predicted octanol–water partition coefficient (Wildman–Crippen LogP) is 5.66. The highest BCUT2D eigenvalue weighted by molar-refractivity contribution is 5.72. The zero-order chi connectivity index (χ0) is 16.2. The highest BCUT2D eigenvalue weighted by Crippen LogP contribution is 2.33. The zero-order valence-corrected chi connectivity index (χ0v) is 13.3. The Bertz CT molecular complexity index is 728. The van der Waals surface area contributed by atoms with Crippen molar-refractivity contribution in [1.29, 1.82) is 0 Å². The Labute approximate surface area is 137 Å². The average Bonchev–Trinajstić information content (AvgIpc) is 2.59. The van der Waals surface area contributed by atoms with Crippen LogP contribution in [0.4, 0.5) is 4.39 Å². The van der Waals surface area contributed by atoms with Crippen molar-refractivity contribution in [2.24, 2.45) is 0 Å². The first-order valence-electron chi connectivity index (χ1n) is 8.01. The third kappa shape index (κ3) is 3.53. The third-order valence-corrected chi connectivity index (χ3v) is 4.32. The Balaban J connectivity index is 1.68. The summed E-state index contributed by atoms with van der Waals surface area (Å²) in [6.45, 7) is 9.17. The number of rotatable bonds is 5. The molecule has 0 spiro atoms. The number of hydrogen-bond donors (Lipinski definition) is 0. The van der Waals surface area contributed by atoms with Crippen molar-refractivity contribution in [1.82, 2.24) is 0 Å². The Morgan fingerprint density at radius 2 is 1.74 bits per heavy atom. The standard InChI is InChI=1S/C21H21FO/c1-15(17-10-12-18(22)13-11-17)8-9-16(2)19-5-3-7-21-20(19)6-4-14-23-21/h3,5,7,10-13H,1-2,4,6,8-9,14H2. The first-order valence-corrected chi connectivity index (χ1v) is 8.01. The van der Waals surface area contributed by atoms with E-state index >= 15 is 0 Å². The lowest BCUT2D eigenvalue weighted by Gasteiger charge is -2.21. The van der Waals surface area contributed by atoms with Crippen LogP contribution in [-0.4, -0.2) is 6.61 Å². The summed E-state index contributed by atoms with van der Waals surface area (Å²) in [5, 5.41) is 0. The molecule has 0 aliphatic carbocycles. The van der Waals surface area contributed by atoms with Gasteiger partial charge < -0.3 is 4.74 Å². The lowest BCUT2D eigenvalue weighted by atomic mass is 9.91. The molecule has 1 heterocycles. The normalized spacial score (nSPS) is 13.1. The topological polar surface area (TPSA) is 9.23 Å². The fourth-order valence-corrected chi connectivity index (χ4v) is 2.99. The van der Waals surface area contributed by atoms with Crippen LogP contribution in [0.1, 0.15) is 36.0 Å². The first kappa shape index (κ1) is 15.5. The van der Waals surface area contributed by atoms with Gasteiger partial charge >= 0.3 is 0 Å². The third-order valence-electron chi connectivity index (χ3n) is 4.32. The molecule has 118 valence electrons. The van der Waals surface area contributed by atoms with Crippen molar-refractivity contribution in [3.05, 3.63) is 78.1 Å². The molecule has 1 nitrogen and oxygen atoms in total. The Morgan fingerprint density at radius 3 is 2.52 bits per heavy atom. The minimum absolute atomic E-state index is 0.220. The van der Waals surface area contributed by atoms with E-state index in [9.17, 15) is 4.39 Å². The van der Waals surface area contributed by atoms with Crippen LogP contribution in [0.5, 0.6) is 5.75 Å². The lowest BCUT2D eigenvalue weighted by molar-refractivity contribution is 0.288. The van der Waals surface area contributed by atoms with Gasteiger partial charge in [0.05, 0.1) is 6.61 Å². The number of hydrogen-bond acceptors (Lipinski definition) is 1. The number of benzene rings is 2. The van der Waals surface area contributed by atoms with E-state index in [4.69, 9.17) is 4.74 Å². The summed E-state index contributed by atoms with van der Waals surface area (Å²) < 4.78 is 18.7. The predicted molar refractivity (Wildman–Crippen MR) is 94.0 cm³/mol. The Morgan fingerprint density at radius 1 is 1.00 bits per heavy atom. The smallest absolute Gasteiger partial charge is 0.123 e. The number of halogens is 1. The second-order valence-electron chi connectivity index (χ2n) is 5.95. The molecule has 0 N–H and O–H groups in total. The molecule has 2 aromatic rings. The summed E-state index contributed by atoms with van der Waals surface area (Å²) in [5.74, 6) is 0.772. The maximum absolute atomic E-state index is 13.0. The largest absolute Gasteiger partial charge is 0.493 e. The van der Waals surface area contributed by atoms with Gasteiger partial charge in [-0.1, -0.05) is 37.4 Å². The maximum Gasteiger partial charge on any atom is 0.123 e. The van der Waals surface area contributed by atoms with E-state index in [1.807, 2.05) is 12.1 Å². The zero-order valence-electron chi connectivity index (χ0n) is 13.3. The van der Waals surface area contributed by atoms with E-state index in [0.29, 0.717) is 0 Å². The Hall–Kier alpha value is -2.35. The SMILES string of the molecule is C=C(CCC(=C)c1cccc2c1CCCO2)c1ccc(F)cc1. The summed E-state index contributed by atoms with van der Waals surface area (Å²) >= 11 is 0.